The van der Waals surface area contributed by atoms with E-state index in [2.05, 4.69) is 9.97 Å². The van der Waals surface area contributed by atoms with Crippen molar-refractivity contribution in [1.82, 2.24) is 19.5 Å². The van der Waals surface area contributed by atoms with Gasteiger partial charge in [-0.1, -0.05) is 40.9 Å². The Bertz CT molecular complexity index is 1680. The SMILES string of the molecule is CCOC(=O)c1cccc(-n2c(-c3ccc(Cl)cc3)nc3nc(-c4ccc(Cl)cc4Cl)[nH]c(=O)c32)c1. The van der Waals surface area contributed by atoms with Crippen LogP contribution in [0.15, 0.2) is 71.5 Å². The second-order valence-corrected chi connectivity index (χ2v) is 9.04. The Morgan fingerprint density at radius 2 is 1.72 bits per heavy atom. The zero-order valence-corrected chi connectivity index (χ0v) is 21.0. The Balaban J connectivity index is 1.78. The molecule has 180 valence electrons. The van der Waals surface area contributed by atoms with Crippen LogP contribution >= 0.6 is 34.8 Å². The minimum atomic E-state index is -0.469. The van der Waals surface area contributed by atoms with Crippen molar-refractivity contribution in [3.63, 3.8) is 0 Å². The van der Waals surface area contributed by atoms with Crippen molar-refractivity contribution < 1.29 is 9.53 Å². The van der Waals surface area contributed by atoms with Gasteiger partial charge >= 0.3 is 5.97 Å². The largest absolute Gasteiger partial charge is 0.462 e. The molecule has 0 unspecified atom stereocenters. The number of carbonyl (C=O) groups is 1. The lowest BCUT2D eigenvalue weighted by Gasteiger charge is -2.11. The lowest BCUT2D eigenvalue weighted by Crippen LogP contribution is -2.14. The van der Waals surface area contributed by atoms with Crippen molar-refractivity contribution in [3.05, 3.63) is 97.7 Å². The maximum absolute atomic E-state index is 13.4. The van der Waals surface area contributed by atoms with Gasteiger partial charge < -0.3 is 9.72 Å². The first-order valence-corrected chi connectivity index (χ1v) is 12.0. The number of fused-ring (bicyclic) bond motifs is 1. The van der Waals surface area contributed by atoms with Crippen LogP contribution in [0.3, 0.4) is 0 Å². The summed E-state index contributed by atoms with van der Waals surface area (Å²) in [6.45, 7) is 1.98. The van der Waals surface area contributed by atoms with Crippen molar-refractivity contribution >= 4 is 51.9 Å². The van der Waals surface area contributed by atoms with Gasteiger partial charge in [-0.2, -0.15) is 0 Å². The van der Waals surface area contributed by atoms with Crippen molar-refractivity contribution in [3.8, 4) is 28.5 Å². The average molecular weight is 540 g/mol. The van der Waals surface area contributed by atoms with Gasteiger partial charge in [-0.25, -0.2) is 14.8 Å². The predicted molar refractivity (Wildman–Crippen MR) is 141 cm³/mol. The molecule has 0 radical (unpaired) electrons. The molecule has 1 N–H and O–H groups in total. The zero-order chi connectivity index (χ0) is 25.4. The van der Waals surface area contributed by atoms with Gasteiger partial charge in [-0.15, -0.1) is 0 Å². The van der Waals surface area contributed by atoms with Crippen molar-refractivity contribution in [1.29, 1.82) is 0 Å². The number of aromatic nitrogens is 4. The topological polar surface area (TPSA) is 89.9 Å². The van der Waals surface area contributed by atoms with E-state index in [0.717, 1.165) is 0 Å². The van der Waals surface area contributed by atoms with Crippen molar-refractivity contribution in [2.24, 2.45) is 0 Å². The van der Waals surface area contributed by atoms with Crippen molar-refractivity contribution in [2.75, 3.05) is 6.61 Å². The molecular weight excluding hydrogens is 523 g/mol. The first kappa shape index (κ1) is 24.1. The smallest absolute Gasteiger partial charge is 0.338 e. The highest BCUT2D eigenvalue weighted by Gasteiger charge is 2.21. The summed E-state index contributed by atoms with van der Waals surface area (Å²) in [6, 6.07) is 18.7. The number of hydrogen-bond acceptors (Lipinski definition) is 5. The van der Waals surface area contributed by atoms with E-state index in [4.69, 9.17) is 44.5 Å². The Kier molecular flexibility index (Phi) is 6.53. The lowest BCUT2D eigenvalue weighted by molar-refractivity contribution is 0.0526. The fourth-order valence-electron chi connectivity index (χ4n) is 3.83. The molecule has 0 spiro atoms. The Hall–Kier alpha value is -3.65. The van der Waals surface area contributed by atoms with Gasteiger partial charge in [0, 0.05) is 26.9 Å². The van der Waals surface area contributed by atoms with Crippen LogP contribution in [-0.4, -0.2) is 32.1 Å². The number of esters is 1. The van der Waals surface area contributed by atoms with Crippen LogP contribution in [0.4, 0.5) is 0 Å². The van der Waals surface area contributed by atoms with E-state index in [1.807, 2.05) is 0 Å². The number of H-pyrrole nitrogens is 1. The second kappa shape index (κ2) is 9.78. The molecule has 2 heterocycles. The highest BCUT2D eigenvalue weighted by molar-refractivity contribution is 6.36. The van der Waals surface area contributed by atoms with E-state index < -0.39 is 11.5 Å². The summed E-state index contributed by atoms with van der Waals surface area (Å²) in [5.41, 5.74) is 2.05. The van der Waals surface area contributed by atoms with Gasteiger partial charge in [0.1, 0.15) is 11.6 Å². The quantitative estimate of drug-likeness (QED) is 0.255. The zero-order valence-electron chi connectivity index (χ0n) is 18.8. The van der Waals surface area contributed by atoms with Crippen LogP contribution in [-0.2, 0) is 4.74 Å². The molecule has 0 saturated carbocycles. The van der Waals surface area contributed by atoms with Crippen LogP contribution < -0.4 is 5.56 Å². The number of nitrogens with one attached hydrogen (secondary N) is 1. The number of imidazole rings is 1. The first-order valence-electron chi connectivity index (χ1n) is 10.9. The standard InChI is InChI=1S/C26H17Cl3N4O3/c1-2-36-26(35)15-4-3-5-18(12-15)33-21-23(31-24(33)14-6-8-16(27)9-7-14)30-22(32-25(21)34)19-11-10-17(28)13-20(19)29/h3-13H,2H2,1H3,(H,30,32,34). The minimum absolute atomic E-state index is 0.200. The molecule has 36 heavy (non-hydrogen) atoms. The van der Waals surface area contributed by atoms with E-state index in [0.29, 0.717) is 43.3 Å². The molecule has 0 atom stereocenters. The van der Waals surface area contributed by atoms with Crippen LogP contribution in [0.5, 0.6) is 0 Å². The summed E-state index contributed by atoms with van der Waals surface area (Å²) in [7, 11) is 0. The molecule has 0 amide bonds. The molecule has 0 saturated heterocycles. The Morgan fingerprint density at radius 1 is 0.972 bits per heavy atom. The summed E-state index contributed by atoms with van der Waals surface area (Å²) >= 11 is 18.5. The van der Waals surface area contributed by atoms with Crippen LogP contribution in [0.2, 0.25) is 15.1 Å². The first-order chi connectivity index (χ1) is 17.4. The molecular formula is C26H17Cl3N4O3. The highest BCUT2D eigenvalue weighted by atomic mass is 35.5. The summed E-state index contributed by atoms with van der Waals surface area (Å²) in [5, 5.41) is 1.36. The molecule has 0 aliphatic carbocycles. The normalized spacial score (nSPS) is 11.1. The minimum Gasteiger partial charge on any atom is -0.462 e. The molecule has 0 aliphatic rings. The van der Waals surface area contributed by atoms with Gasteiger partial charge in [0.15, 0.2) is 11.2 Å². The van der Waals surface area contributed by atoms with Crippen LogP contribution in [0, 0.1) is 0 Å². The highest BCUT2D eigenvalue weighted by Crippen LogP contribution is 2.31. The van der Waals surface area contributed by atoms with Gasteiger partial charge in [0.05, 0.1) is 17.2 Å². The fourth-order valence-corrected chi connectivity index (χ4v) is 4.45. The molecule has 0 bridgehead atoms. The summed E-state index contributed by atoms with van der Waals surface area (Å²) in [5.74, 6) is 0.227. The third-order valence-electron chi connectivity index (χ3n) is 5.43. The second-order valence-electron chi connectivity index (χ2n) is 7.76. The van der Waals surface area contributed by atoms with E-state index in [1.54, 1.807) is 78.2 Å². The van der Waals surface area contributed by atoms with E-state index in [-0.39, 0.29) is 23.6 Å². The third kappa shape index (κ3) is 4.48. The summed E-state index contributed by atoms with van der Waals surface area (Å²) in [4.78, 5) is 37.9. The predicted octanol–water partition coefficient (Wildman–Crippen LogP) is 6.58. The Labute approximate surface area is 220 Å². The lowest BCUT2D eigenvalue weighted by atomic mass is 10.1. The van der Waals surface area contributed by atoms with Crippen molar-refractivity contribution in [2.45, 2.75) is 6.92 Å². The molecule has 0 aliphatic heterocycles. The molecule has 10 heteroatoms. The summed E-state index contributed by atoms with van der Waals surface area (Å²) in [6.07, 6.45) is 0. The van der Waals surface area contributed by atoms with Gasteiger partial charge in [-0.3, -0.25) is 9.36 Å². The number of halogens is 3. The van der Waals surface area contributed by atoms with E-state index >= 15 is 0 Å². The Morgan fingerprint density at radius 3 is 2.44 bits per heavy atom. The summed E-state index contributed by atoms with van der Waals surface area (Å²) < 4.78 is 6.80. The molecule has 0 fully saturated rings. The third-order valence-corrected chi connectivity index (χ3v) is 6.23. The fraction of sp³-hybridized carbons (Fsp3) is 0.0769. The number of hydrogen-bond donors (Lipinski definition) is 1. The number of ether oxygens (including phenoxy) is 1. The monoisotopic (exact) mass is 538 g/mol. The number of rotatable bonds is 5. The molecule has 3 aromatic carbocycles. The van der Waals surface area contributed by atoms with Gasteiger partial charge in [0.25, 0.3) is 5.56 Å². The van der Waals surface area contributed by atoms with Gasteiger partial charge in [0.2, 0.25) is 0 Å². The molecule has 5 rings (SSSR count). The number of benzene rings is 3. The molecule has 2 aromatic heterocycles. The molecule has 7 nitrogen and oxygen atoms in total. The van der Waals surface area contributed by atoms with E-state index in [9.17, 15) is 9.59 Å². The van der Waals surface area contributed by atoms with Gasteiger partial charge in [-0.05, 0) is 67.6 Å². The number of aromatic amines is 1. The maximum atomic E-state index is 13.4. The number of carbonyl (C=O) groups excluding carboxylic acids is 1. The average Bonchev–Trinajstić information content (AvgIpc) is 3.25. The molecule has 5 aromatic rings. The van der Waals surface area contributed by atoms with Crippen LogP contribution in [0.1, 0.15) is 17.3 Å². The van der Waals surface area contributed by atoms with E-state index in [1.165, 1.54) is 0 Å². The van der Waals surface area contributed by atoms with Crippen LogP contribution in [0.25, 0.3) is 39.6 Å². The number of nitrogens with zero attached hydrogens (tertiary/aromatic N) is 3. The maximum Gasteiger partial charge on any atom is 0.338 e.